The number of nitrogens with zero attached hydrogens (tertiary/aromatic N) is 5. The van der Waals surface area contributed by atoms with Crippen molar-refractivity contribution in [2.45, 2.75) is 58.7 Å². The Balaban J connectivity index is 1.55. The van der Waals surface area contributed by atoms with Gasteiger partial charge in [-0.2, -0.15) is 0 Å². The standard InChI is InChI=1S/C28H27ClFN5O3/c1-15-10-18(30)24(33-13-15)28(7-8-28)38-22-11-17(3)35(25(36)23(22)29)21-12-20(32-14-16(21)2)19-6-9-31-26(34-19)27(4,5)37/h6,9-14,37H,7-8H2,1-5H3. The maximum absolute atomic E-state index is 14.7. The van der Waals surface area contributed by atoms with E-state index >= 15 is 0 Å². The number of rotatable bonds is 6. The monoisotopic (exact) mass is 535 g/mol. The fraction of sp³-hybridized carbons (Fsp3) is 0.321. The maximum atomic E-state index is 14.7. The molecule has 1 aliphatic carbocycles. The first-order valence-corrected chi connectivity index (χ1v) is 12.5. The van der Waals surface area contributed by atoms with Crippen LogP contribution in [0.2, 0.25) is 5.02 Å². The molecule has 1 fully saturated rings. The summed E-state index contributed by atoms with van der Waals surface area (Å²) in [6.07, 6.45) is 5.93. The van der Waals surface area contributed by atoms with Crippen LogP contribution >= 0.6 is 11.6 Å². The van der Waals surface area contributed by atoms with Gasteiger partial charge >= 0.3 is 0 Å². The summed E-state index contributed by atoms with van der Waals surface area (Å²) in [6, 6.07) is 6.52. The molecule has 0 aromatic carbocycles. The summed E-state index contributed by atoms with van der Waals surface area (Å²) in [7, 11) is 0. The van der Waals surface area contributed by atoms with Crippen molar-refractivity contribution in [3.05, 3.63) is 92.4 Å². The number of halogens is 2. The average molecular weight is 536 g/mol. The molecule has 8 nitrogen and oxygen atoms in total. The van der Waals surface area contributed by atoms with Crippen molar-refractivity contribution in [3.63, 3.8) is 0 Å². The number of ether oxygens (including phenoxy) is 1. The van der Waals surface area contributed by atoms with Crippen molar-refractivity contribution in [1.82, 2.24) is 24.5 Å². The number of aromatic nitrogens is 5. The Bertz CT molecular complexity index is 1630. The molecule has 4 aromatic rings. The highest BCUT2D eigenvalue weighted by Gasteiger charge is 2.51. The van der Waals surface area contributed by atoms with Crippen molar-refractivity contribution in [3.8, 4) is 22.8 Å². The van der Waals surface area contributed by atoms with Gasteiger partial charge in [0.2, 0.25) is 0 Å². The number of hydrogen-bond acceptors (Lipinski definition) is 7. The van der Waals surface area contributed by atoms with Gasteiger partial charge in [-0.3, -0.25) is 19.3 Å². The summed E-state index contributed by atoms with van der Waals surface area (Å²) >= 11 is 6.55. The lowest BCUT2D eigenvalue weighted by Crippen LogP contribution is -2.25. The van der Waals surface area contributed by atoms with Gasteiger partial charge < -0.3 is 9.84 Å². The fourth-order valence-electron chi connectivity index (χ4n) is 4.33. The third-order valence-corrected chi connectivity index (χ3v) is 6.85. The summed E-state index contributed by atoms with van der Waals surface area (Å²) in [6.45, 7) is 8.58. The normalized spacial score (nSPS) is 14.4. The molecule has 0 spiro atoms. The van der Waals surface area contributed by atoms with Crippen LogP contribution < -0.4 is 10.3 Å². The number of aryl methyl sites for hydroxylation is 3. The summed E-state index contributed by atoms with van der Waals surface area (Å²) in [5.74, 6) is -0.00587. The van der Waals surface area contributed by atoms with Crippen molar-refractivity contribution < 1.29 is 14.2 Å². The predicted octanol–water partition coefficient (Wildman–Crippen LogP) is 5.10. The van der Waals surface area contributed by atoms with Gasteiger partial charge in [0, 0.05) is 30.4 Å². The Morgan fingerprint density at radius 3 is 2.47 bits per heavy atom. The van der Waals surface area contributed by atoms with E-state index in [-0.39, 0.29) is 22.3 Å². The lowest BCUT2D eigenvalue weighted by Gasteiger charge is -2.21. The topological polar surface area (TPSA) is 103 Å². The molecule has 38 heavy (non-hydrogen) atoms. The molecule has 0 bridgehead atoms. The van der Waals surface area contributed by atoms with E-state index in [1.165, 1.54) is 10.6 Å². The Morgan fingerprint density at radius 2 is 1.82 bits per heavy atom. The van der Waals surface area contributed by atoms with E-state index < -0.39 is 22.6 Å². The minimum Gasteiger partial charge on any atom is -0.479 e. The van der Waals surface area contributed by atoms with Crippen LogP contribution in [0, 0.1) is 26.6 Å². The zero-order valence-corrected chi connectivity index (χ0v) is 22.5. The van der Waals surface area contributed by atoms with Gasteiger partial charge in [-0.05, 0) is 76.8 Å². The molecule has 0 radical (unpaired) electrons. The van der Waals surface area contributed by atoms with Crippen molar-refractivity contribution in [2.75, 3.05) is 0 Å². The molecule has 196 valence electrons. The molecule has 0 aliphatic heterocycles. The quantitative estimate of drug-likeness (QED) is 0.366. The zero-order valence-electron chi connectivity index (χ0n) is 21.7. The zero-order chi connectivity index (χ0) is 27.4. The SMILES string of the molecule is Cc1cnc(C2(Oc3cc(C)n(-c4cc(-c5ccnc(C(C)(C)O)n5)ncc4C)c(=O)c3Cl)CC2)c(F)c1. The first-order chi connectivity index (χ1) is 17.9. The largest absolute Gasteiger partial charge is 0.479 e. The highest BCUT2D eigenvalue weighted by molar-refractivity contribution is 6.31. The van der Waals surface area contributed by atoms with Crippen LogP contribution in [0.15, 0.2) is 47.7 Å². The molecular formula is C28H27ClFN5O3. The Hall–Kier alpha value is -3.69. The fourth-order valence-corrected chi connectivity index (χ4v) is 4.50. The molecule has 0 atom stereocenters. The third-order valence-electron chi connectivity index (χ3n) is 6.50. The van der Waals surface area contributed by atoms with E-state index in [9.17, 15) is 14.3 Å². The molecule has 1 N–H and O–H groups in total. The molecule has 5 rings (SSSR count). The first-order valence-electron chi connectivity index (χ1n) is 12.2. The Morgan fingerprint density at radius 1 is 1.08 bits per heavy atom. The summed E-state index contributed by atoms with van der Waals surface area (Å²) < 4.78 is 22.3. The first kappa shape index (κ1) is 25.9. The van der Waals surface area contributed by atoms with Crippen LogP contribution in [0.3, 0.4) is 0 Å². The van der Waals surface area contributed by atoms with Gasteiger partial charge in [-0.25, -0.2) is 14.4 Å². The number of aliphatic hydroxyl groups is 1. The van der Waals surface area contributed by atoms with Gasteiger partial charge in [0.1, 0.15) is 27.9 Å². The van der Waals surface area contributed by atoms with Crippen LogP contribution in [-0.2, 0) is 11.2 Å². The second-order valence-corrected chi connectivity index (χ2v) is 10.6. The van der Waals surface area contributed by atoms with Crippen LogP contribution in [0.1, 0.15) is 55.0 Å². The lowest BCUT2D eigenvalue weighted by molar-refractivity contribution is 0.0688. The summed E-state index contributed by atoms with van der Waals surface area (Å²) in [5, 5.41) is 10.2. The minimum absolute atomic E-state index is 0.112. The molecule has 0 unspecified atom stereocenters. The van der Waals surface area contributed by atoms with Crippen LogP contribution in [-0.4, -0.2) is 29.6 Å². The molecule has 0 saturated heterocycles. The molecule has 1 saturated carbocycles. The predicted molar refractivity (Wildman–Crippen MR) is 141 cm³/mol. The van der Waals surface area contributed by atoms with Gasteiger partial charge in [0.15, 0.2) is 11.4 Å². The summed E-state index contributed by atoms with van der Waals surface area (Å²) in [5.41, 5.74) is 1.16. The number of pyridine rings is 3. The van der Waals surface area contributed by atoms with E-state index in [4.69, 9.17) is 16.3 Å². The maximum Gasteiger partial charge on any atom is 0.277 e. The average Bonchev–Trinajstić information content (AvgIpc) is 3.63. The molecular weight excluding hydrogens is 509 g/mol. The molecule has 10 heteroatoms. The lowest BCUT2D eigenvalue weighted by atomic mass is 10.1. The van der Waals surface area contributed by atoms with E-state index in [0.717, 1.165) is 5.56 Å². The van der Waals surface area contributed by atoms with Crippen molar-refractivity contribution >= 4 is 11.6 Å². The number of hydrogen-bond donors (Lipinski definition) is 1. The van der Waals surface area contributed by atoms with Crippen LogP contribution in [0.25, 0.3) is 17.1 Å². The molecule has 4 heterocycles. The van der Waals surface area contributed by atoms with Gasteiger partial charge in [-0.1, -0.05) is 11.6 Å². The van der Waals surface area contributed by atoms with Gasteiger partial charge in [-0.15, -0.1) is 0 Å². The Kier molecular flexibility index (Phi) is 6.31. The smallest absolute Gasteiger partial charge is 0.277 e. The highest BCUT2D eigenvalue weighted by Crippen LogP contribution is 2.50. The minimum atomic E-state index is -1.23. The summed E-state index contributed by atoms with van der Waals surface area (Å²) in [4.78, 5) is 30.9. The van der Waals surface area contributed by atoms with Gasteiger partial charge in [0.25, 0.3) is 5.56 Å². The molecule has 1 aliphatic rings. The second kappa shape index (κ2) is 9.25. The van der Waals surface area contributed by atoms with Crippen LogP contribution in [0.4, 0.5) is 4.39 Å². The third kappa shape index (κ3) is 4.68. The molecule has 0 amide bonds. The van der Waals surface area contributed by atoms with E-state index in [2.05, 4.69) is 19.9 Å². The van der Waals surface area contributed by atoms with E-state index in [0.29, 0.717) is 41.2 Å². The molecule has 4 aromatic heterocycles. The second-order valence-electron chi connectivity index (χ2n) is 10.2. The van der Waals surface area contributed by atoms with Gasteiger partial charge in [0.05, 0.1) is 17.1 Å². The van der Waals surface area contributed by atoms with E-state index in [1.54, 1.807) is 64.5 Å². The van der Waals surface area contributed by atoms with E-state index in [1.807, 2.05) is 6.92 Å². The van der Waals surface area contributed by atoms with Crippen molar-refractivity contribution in [1.29, 1.82) is 0 Å². The Labute approximate surface area is 224 Å². The highest BCUT2D eigenvalue weighted by atomic mass is 35.5. The van der Waals surface area contributed by atoms with Crippen LogP contribution in [0.5, 0.6) is 5.75 Å². The van der Waals surface area contributed by atoms with Crippen molar-refractivity contribution in [2.24, 2.45) is 0 Å².